The standard InChI is InChI=1S/C15H20/c1-8(2)12-6-11-7-13(12)15-10-4-3-9(5-10)14(11)15/h10-11,13,15H,3-7H2,1-2H3. The third-order valence-corrected chi connectivity index (χ3v) is 5.57. The summed E-state index contributed by atoms with van der Waals surface area (Å²) in [4.78, 5) is 0. The van der Waals surface area contributed by atoms with Gasteiger partial charge in [-0.05, 0) is 69.6 Å². The first-order chi connectivity index (χ1) is 7.25. The highest BCUT2D eigenvalue weighted by Crippen LogP contribution is 2.66. The summed E-state index contributed by atoms with van der Waals surface area (Å²) >= 11 is 0. The van der Waals surface area contributed by atoms with Crippen LogP contribution < -0.4 is 0 Å². The largest absolute Gasteiger partial charge is 0.0769 e. The highest BCUT2D eigenvalue weighted by Gasteiger charge is 2.55. The van der Waals surface area contributed by atoms with Crippen LogP contribution in [-0.2, 0) is 0 Å². The molecule has 0 radical (unpaired) electrons. The van der Waals surface area contributed by atoms with Crippen LogP contribution >= 0.6 is 0 Å². The molecule has 0 heteroatoms. The summed E-state index contributed by atoms with van der Waals surface area (Å²) in [6, 6.07) is 0. The number of hydrogen-bond donors (Lipinski definition) is 0. The molecule has 15 heavy (non-hydrogen) atoms. The van der Waals surface area contributed by atoms with Gasteiger partial charge in [-0.15, -0.1) is 0 Å². The van der Waals surface area contributed by atoms with Gasteiger partial charge in [0.15, 0.2) is 0 Å². The smallest absolute Gasteiger partial charge is 0.0100 e. The van der Waals surface area contributed by atoms with Crippen molar-refractivity contribution in [1.29, 1.82) is 0 Å². The molecule has 0 amide bonds. The second-order valence-corrected chi connectivity index (χ2v) is 6.36. The van der Waals surface area contributed by atoms with Gasteiger partial charge in [0.1, 0.15) is 0 Å². The number of allylic oxidation sites excluding steroid dienone is 4. The number of fused-ring (bicyclic) bond motifs is 8. The van der Waals surface area contributed by atoms with Gasteiger partial charge >= 0.3 is 0 Å². The average molecular weight is 200 g/mol. The Bertz CT molecular complexity index is 392. The fourth-order valence-corrected chi connectivity index (χ4v) is 5.17. The molecule has 4 atom stereocenters. The van der Waals surface area contributed by atoms with Gasteiger partial charge in [0.25, 0.3) is 0 Å². The van der Waals surface area contributed by atoms with E-state index in [9.17, 15) is 0 Å². The Morgan fingerprint density at radius 1 is 1.20 bits per heavy atom. The predicted molar refractivity (Wildman–Crippen MR) is 62.4 cm³/mol. The normalized spacial score (nSPS) is 45.6. The third-order valence-electron chi connectivity index (χ3n) is 5.57. The zero-order valence-corrected chi connectivity index (χ0v) is 9.84. The molecule has 4 unspecified atom stereocenters. The van der Waals surface area contributed by atoms with Gasteiger partial charge in [-0.1, -0.05) is 22.3 Å². The Labute approximate surface area is 92.4 Å². The minimum absolute atomic E-state index is 0.984. The van der Waals surface area contributed by atoms with E-state index < -0.39 is 0 Å². The maximum Gasteiger partial charge on any atom is -0.0100 e. The Kier molecular flexibility index (Phi) is 1.49. The second kappa shape index (κ2) is 2.59. The number of hydrogen-bond acceptors (Lipinski definition) is 0. The van der Waals surface area contributed by atoms with E-state index >= 15 is 0 Å². The van der Waals surface area contributed by atoms with Crippen molar-refractivity contribution >= 4 is 0 Å². The van der Waals surface area contributed by atoms with Gasteiger partial charge < -0.3 is 0 Å². The molecular weight excluding hydrogens is 180 g/mol. The average Bonchev–Trinajstić information content (AvgIpc) is 2.95. The SMILES string of the molecule is CC(C)=C1CC2CC1C1C2=C2CCC1C2. The van der Waals surface area contributed by atoms with Crippen molar-refractivity contribution in [3.05, 3.63) is 22.3 Å². The summed E-state index contributed by atoms with van der Waals surface area (Å²) in [5, 5.41) is 0. The molecule has 3 fully saturated rings. The van der Waals surface area contributed by atoms with Crippen LogP contribution in [0.15, 0.2) is 22.3 Å². The minimum atomic E-state index is 0.984. The van der Waals surface area contributed by atoms with Gasteiger partial charge in [-0.2, -0.15) is 0 Å². The Balaban J connectivity index is 1.83. The van der Waals surface area contributed by atoms with E-state index in [1.54, 1.807) is 5.57 Å². The minimum Gasteiger partial charge on any atom is -0.0769 e. The van der Waals surface area contributed by atoms with Crippen molar-refractivity contribution in [2.75, 3.05) is 0 Å². The van der Waals surface area contributed by atoms with Crippen LogP contribution in [0.3, 0.4) is 0 Å². The lowest BCUT2D eigenvalue weighted by Crippen LogP contribution is -2.21. The summed E-state index contributed by atoms with van der Waals surface area (Å²) in [6.07, 6.45) is 7.41. The van der Waals surface area contributed by atoms with Crippen molar-refractivity contribution in [3.63, 3.8) is 0 Å². The zero-order chi connectivity index (χ0) is 10.2. The quantitative estimate of drug-likeness (QED) is 0.517. The van der Waals surface area contributed by atoms with Gasteiger partial charge in [0, 0.05) is 0 Å². The lowest BCUT2D eigenvalue weighted by molar-refractivity contribution is 0.339. The van der Waals surface area contributed by atoms with E-state index in [-0.39, 0.29) is 0 Å². The summed E-state index contributed by atoms with van der Waals surface area (Å²) in [7, 11) is 0. The first-order valence-electron chi connectivity index (χ1n) is 6.63. The molecule has 0 aromatic heterocycles. The van der Waals surface area contributed by atoms with Crippen LogP contribution in [0.1, 0.15) is 46.0 Å². The first kappa shape index (κ1) is 8.61. The van der Waals surface area contributed by atoms with Crippen LogP contribution in [0.25, 0.3) is 0 Å². The van der Waals surface area contributed by atoms with Crippen LogP contribution in [0.2, 0.25) is 0 Å². The van der Waals surface area contributed by atoms with Crippen molar-refractivity contribution in [2.45, 2.75) is 46.0 Å². The van der Waals surface area contributed by atoms with Crippen LogP contribution in [0.5, 0.6) is 0 Å². The van der Waals surface area contributed by atoms with Crippen molar-refractivity contribution in [1.82, 2.24) is 0 Å². The Hall–Kier alpha value is -0.520. The molecule has 0 aromatic rings. The maximum atomic E-state index is 2.33. The van der Waals surface area contributed by atoms with Crippen molar-refractivity contribution in [3.8, 4) is 0 Å². The maximum absolute atomic E-state index is 2.33. The third kappa shape index (κ3) is 0.898. The summed E-state index contributed by atoms with van der Waals surface area (Å²) in [5.41, 5.74) is 7.36. The fourth-order valence-electron chi connectivity index (χ4n) is 5.17. The van der Waals surface area contributed by atoms with Gasteiger partial charge in [-0.25, -0.2) is 0 Å². The second-order valence-electron chi connectivity index (χ2n) is 6.36. The molecule has 0 aliphatic heterocycles. The molecule has 0 nitrogen and oxygen atoms in total. The lowest BCUT2D eigenvalue weighted by Gasteiger charge is -2.31. The van der Waals surface area contributed by atoms with E-state index in [1.807, 2.05) is 16.7 Å². The molecule has 4 rings (SSSR count). The molecule has 0 heterocycles. The van der Waals surface area contributed by atoms with Crippen LogP contribution in [-0.4, -0.2) is 0 Å². The molecular formula is C15H20. The van der Waals surface area contributed by atoms with E-state index in [0.29, 0.717) is 0 Å². The molecule has 0 spiro atoms. The predicted octanol–water partition coefficient (Wildman–Crippen LogP) is 4.09. The molecule has 4 aliphatic rings. The van der Waals surface area contributed by atoms with Crippen LogP contribution in [0, 0.1) is 23.7 Å². The topological polar surface area (TPSA) is 0 Å². The molecule has 4 aliphatic carbocycles. The fraction of sp³-hybridized carbons (Fsp3) is 0.733. The molecule has 3 saturated carbocycles. The Morgan fingerprint density at radius 2 is 2.07 bits per heavy atom. The summed E-state index contributed by atoms with van der Waals surface area (Å²) < 4.78 is 0. The van der Waals surface area contributed by atoms with Gasteiger partial charge in [-0.3, -0.25) is 0 Å². The molecule has 0 saturated heterocycles. The highest BCUT2D eigenvalue weighted by molar-refractivity contribution is 5.43. The van der Waals surface area contributed by atoms with Gasteiger partial charge in [0.2, 0.25) is 0 Å². The van der Waals surface area contributed by atoms with Crippen molar-refractivity contribution < 1.29 is 0 Å². The zero-order valence-electron chi connectivity index (χ0n) is 9.84. The van der Waals surface area contributed by atoms with E-state index in [4.69, 9.17) is 0 Å². The van der Waals surface area contributed by atoms with E-state index in [0.717, 1.165) is 23.7 Å². The van der Waals surface area contributed by atoms with Crippen LogP contribution in [0.4, 0.5) is 0 Å². The lowest BCUT2D eigenvalue weighted by atomic mass is 9.73. The summed E-state index contributed by atoms with van der Waals surface area (Å²) in [5.74, 6) is 4.07. The van der Waals surface area contributed by atoms with E-state index in [2.05, 4.69) is 13.8 Å². The first-order valence-corrected chi connectivity index (χ1v) is 6.63. The van der Waals surface area contributed by atoms with Crippen molar-refractivity contribution in [2.24, 2.45) is 23.7 Å². The van der Waals surface area contributed by atoms with E-state index in [1.165, 1.54) is 32.1 Å². The molecule has 0 aromatic carbocycles. The van der Waals surface area contributed by atoms with Gasteiger partial charge in [0.05, 0.1) is 0 Å². The Morgan fingerprint density at radius 3 is 2.87 bits per heavy atom. The molecule has 4 bridgehead atoms. The molecule has 80 valence electrons. The molecule has 0 N–H and O–H groups in total. The highest BCUT2D eigenvalue weighted by atomic mass is 14.6. The summed E-state index contributed by atoms with van der Waals surface area (Å²) in [6.45, 7) is 4.66. The monoisotopic (exact) mass is 200 g/mol. The number of rotatable bonds is 0.